The molecular formula is C14H24F3N. The van der Waals surface area contributed by atoms with Gasteiger partial charge in [-0.3, -0.25) is 0 Å². The van der Waals surface area contributed by atoms with Gasteiger partial charge in [-0.15, -0.1) is 0 Å². The van der Waals surface area contributed by atoms with E-state index in [1.165, 1.54) is 6.42 Å². The quantitative estimate of drug-likeness (QED) is 0.750. The molecule has 0 spiro atoms. The number of hydrogen-bond acceptors (Lipinski definition) is 1. The van der Waals surface area contributed by atoms with Gasteiger partial charge in [0.25, 0.3) is 0 Å². The van der Waals surface area contributed by atoms with Gasteiger partial charge in [0.2, 0.25) is 0 Å². The summed E-state index contributed by atoms with van der Waals surface area (Å²) >= 11 is 0. The molecule has 2 atom stereocenters. The maximum atomic E-state index is 12.9. The maximum absolute atomic E-state index is 12.9. The van der Waals surface area contributed by atoms with Gasteiger partial charge in [-0.05, 0) is 43.9 Å². The molecule has 2 aliphatic carbocycles. The number of halogens is 3. The highest BCUT2D eigenvalue weighted by Crippen LogP contribution is 2.49. The highest BCUT2D eigenvalue weighted by Gasteiger charge is 2.63. The molecule has 0 aromatic heterocycles. The first-order valence-electron chi connectivity index (χ1n) is 7.18. The Morgan fingerprint density at radius 2 is 1.72 bits per heavy atom. The van der Waals surface area contributed by atoms with Crippen LogP contribution in [0, 0.1) is 11.8 Å². The first kappa shape index (κ1) is 14.2. The Bertz CT molecular complexity index is 281. The molecule has 0 radical (unpaired) electrons. The Hall–Kier alpha value is -0.250. The van der Waals surface area contributed by atoms with Crippen molar-refractivity contribution in [1.29, 1.82) is 0 Å². The smallest absolute Gasteiger partial charge is 0.301 e. The van der Waals surface area contributed by atoms with Gasteiger partial charge < -0.3 is 5.32 Å². The van der Waals surface area contributed by atoms with Crippen LogP contribution in [-0.2, 0) is 0 Å². The summed E-state index contributed by atoms with van der Waals surface area (Å²) in [6.07, 6.45) is 1.58. The summed E-state index contributed by atoms with van der Waals surface area (Å²) in [5.74, 6) is 1.35. The lowest BCUT2D eigenvalue weighted by molar-refractivity contribution is -0.168. The minimum atomic E-state index is -4.07. The van der Waals surface area contributed by atoms with Crippen LogP contribution >= 0.6 is 0 Å². The predicted octanol–water partition coefficient (Wildman–Crippen LogP) is 4.28. The third-order valence-corrected chi connectivity index (χ3v) is 4.73. The molecule has 0 heterocycles. The van der Waals surface area contributed by atoms with Crippen LogP contribution in [0.25, 0.3) is 0 Å². The zero-order chi connectivity index (χ0) is 13.4. The first-order chi connectivity index (χ1) is 8.34. The Labute approximate surface area is 108 Å². The summed E-state index contributed by atoms with van der Waals surface area (Å²) in [4.78, 5) is 0. The second-order valence-corrected chi connectivity index (χ2v) is 6.43. The molecule has 2 aliphatic rings. The number of nitrogens with one attached hydrogen (secondary N) is 1. The Balaban J connectivity index is 1.88. The van der Waals surface area contributed by atoms with Crippen molar-refractivity contribution in [3.63, 3.8) is 0 Å². The molecular weight excluding hydrogens is 239 g/mol. The summed E-state index contributed by atoms with van der Waals surface area (Å²) in [6, 6.07) is 0.0675. The van der Waals surface area contributed by atoms with Crippen molar-refractivity contribution in [1.82, 2.24) is 5.32 Å². The topological polar surface area (TPSA) is 12.0 Å². The van der Waals surface area contributed by atoms with Crippen molar-refractivity contribution in [3.05, 3.63) is 0 Å². The van der Waals surface area contributed by atoms with Gasteiger partial charge in [0, 0.05) is 6.04 Å². The lowest BCUT2D eigenvalue weighted by atomic mass is 9.89. The molecule has 1 N–H and O–H groups in total. The molecule has 2 saturated carbocycles. The largest absolute Gasteiger partial charge is 0.406 e. The van der Waals surface area contributed by atoms with E-state index >= 15 is 0 Å². The fraction of sp³-hybridized carbons (Fsp3) is 1.00. The minimum absolute atomic E-state index is 0.0675. The average Bonchev–Trinajstić information content (AvgIpc) is 3.02. The molecule has 0 bridgehead atoms. The zero-order valence-electron chi connectivity index (χ0n) is 11.3. The molecule has 0 aromatic carbocycles. The Morgan fingerprint density at radius 3 is 2.22 bits per heavy atom. The zero-order valence-corrected chi connectivity index (χ0v) is 11.3. The van der Waals surface area contributed by atoms with Gasteiger partial charge in [0.15, 0.2) is 0 Å². The SMILES string of the molecule is CC(C)C1CCCC(NC2(C(F)(F)F)CC2)CC1. The molecule has 0 amide bonds. The van der Waals surface area contributed by atoms with Crippen molar-refractivity contribution in [2.24, 2.45) is 11.8 Å². The molecule has 0 aromatic rings. The van der Waals surface area contributed by atoms with Gasteiger partial charge in [0.1, 0.15) is 5.54 Å². The fourth-order valence-electron chi connectivity index (χ4n) is 3.17. The summed E-state index contributed by atoms with van der Waals surface area (Å²) in [6.45, 7) is 4.44. The van der Waals surface area contributed by atoms with E-state index in [0.29, 0.717) is 11.8 Å². The monoisotopic (exact) mass is 263 g/mol. The summed E-state index contributed by atoms with van der Waals surface area (Å²) in [7, 11) is 0. The molecule has 2 rings (SSSR count). The summed E-state index contributed by atoms with van der Waals surface area (Å²) in [5, 5.41) is 2.92. The lowest BCUT2D eigenvalue weighted by Gasteiger charge is -2.27. The molecule has 106 valence electrons. The van der Waals surface area contributed by atoms with E-state index in [1.54, 1.807) is 0 Å². The van der Waals surface area contributed by atoms with Crippen LogP contribution in [-0.4, -0.2) is 17.8 Å². The highest BCUT2D eigenvalue weighted by atomic mass is 19.4. The van der Waals surface area contributed by atoms with E-state index in [2.05, 4.69) is 19.2 Å². The van der Waals surface area contributed by atoms with Crippen molar-refractivity contribution in [2.75, 3.05) is 0 Å². The van der Waals surface area contributed by atoms with Crippen LogP contribution in [0.2, 0.25) is 0 Å². The second-order valence-electron chi connectivity index (χ2n) is 6.43. The van der Waals surface area contributed by atoms with E-state index in [0.717, 1.165) is 25.7 Å². The van der Waals surface area contributed by atoms with Gasteiger partial charge in [-0.25, -0.2) is 0 Å². The third-order valence-electron chi connectivity index (χ3n) is 4.73. The van der Waals surface area contributed by atoms with E-state index in [-0.39, 0.29) is 18.9 Å². The first-order valence-corrected chi connectivity index (χ1v) is 7.18. The van der Waals surface area contributed by atoms with E-state index in [9.17, 15) is 13.2 Å². The molecule has 18 heavy (non-hydrogen) atoms. The van der Waals surface area contributed by atoms with Crippen LogP contribution < -0.4 is 5.32 Å². The average molecular weight is 263 g/mol. The van der Waals surface area contributed by atoms with E-state index < -0.39 is 11.7 Å². The maximum Gasteiger partial charge on any atom is 0.406 e. The molecule has 0 saturated heterocycles. The van der Waals surface area contributed by atoms with Crippen molar-refractivity contribution in [3.8, 4) is 0 Å². The molecule has 1 nitrogen and oxygen atoms in total. The highest BCUT2D eigenvalue weighted by molar-refractivity contribution is 5.09. The second kappa shape index (κ2) is 5.03. The number of alkyl halides is 3. The minimum Gasteiger partial charge on any atom is -0.301 e. The van der Waals surface area contributed by atoms with Crippen LogP contribution in [0.15, 0.2) is 0 Å². The van der Waals surface area contributed by atoms with Crippen LogP contribution in [0.3, 0.4) is 0 Å². The lowest BCUT2D eigenvalue weighted by Crippen LogP contribution is -2.49. The van der Waals surface area contributed by atoms with Crippen LogP contribution in [0.4, 0.5) is 13.2 Å². The van der Waals surface area contributed by atoms with Crippen molar-refractivity contribution < 1.29 is 13.2 Å². The van der Waals surface area contributed by atoms with Gasteiger partial charge in [-0.1, -0.05) is 26.7 Å². The van der Waals surface area contributed by atoms with Crippen LogP contribution in [0.5, 0.6) is 0 Å². The molecule has 2 unspecified atom stereocenters. The van der Waals surface area contributed by atoms with Gasteiger partial charge in [-0.2, -0.15) is 13.2 Å². The van der Waals surface area contributed by atoms with Crippen molar-refractivity contribution in [2.45, 2.75) is 76.6 Å². The van der Waals surface area contributed by atoms with Crippen LogP contribution in [0.1, 0.15) is 58.8 Å². The third kappa shape index (κ3) is 3.01. The summed E-state index contributed by atoms with van der Waals surface area (Å²) in [5.41, 5.74) is -1.53. The normalized spacial score (nSPS) is 32.3. The fourth-order valence-corrected chi connectivity index (χ4v) is 3.17. The predicted molar refractivity (Wildman–Crippen MR) is 66.4 cm³/mol. The number of rotatable bonds is 3. The van der Waals surface area contributed by atoms with E-state index in [1.807, 2.05) is 0 Å². The molecule has 2 fully saturated rings. The Kier molecular flexibility index (Phi) is 3.96. The Morgan fingerprint density at radius 1 is 1.06 bits per heavy atom. The summed E-state index contributed by atoms with van der Waals surface area (Å²) < 4.78 is 38.7. The van der Waals surface area contributed by atoms with E-state index in [4.69, 9.17) is 0 Å². The van der Waals surface area contributed by atoms with Crippen molar-refractivity contribution >= 4 is 0 Å². The standard InChI is InChI=1S/C14H24F3N/c1-10(2)11-4-3-5-12(7-6-11)18-13(8-9-13)14(15,16)17/h10-12,18H,3-9H2,1-2H3. The molecule has 4 heteroatoms. The van der Waals surface area contributed by atoms with Gasteiger partial charge >= 0.3 is 6.18 Å². The molecule has 0 aliphatic heterocycles. The number of hydrogen-bond donors (Lipinski definition) is 1. The van der Waals surface area contributed by atoms with Gasteiger partial charge in [0.05, 0.1) is 0 Å².